The fourth-order valence-electron chi connectivity index (χ4n) is 1.50. The Morgan fingerprint density at radius 1 is 1.41 bits per heavy atom. The summed E-state index contributed by atoms with van der Waals surface area (Å²) in [4.78, 5) is 10.7. The molecule has 0 amide bonds. The number of benzene rings is 1. The average molecular weight is 277 g/mol. The molecule has 1 aromatic carbocycles. The van der Waals surface area contributed by atoms with Crippen molar-refractivity contribution in [2.45, 2.75) is 12.7 Å². The fourth-order valence-corrected chi connectivity index (χ4v) is 2.52. The lowest BCUT2D eigenvalue weighted by Crippen LogP contribution is -2.33. The monoisotopic (exact) mass is 276 g/mol. The van der Waals surface area contributed by atoms with Gasteiger partial charge < -0.3 is 10.0 Å². The summed E-state index contributed by atoms with van der Waals surface area (Å²) in [6.45, 7) is 1.53. The second kappa shape index (κ2) is 5.18. The molecule has 17 heavy (non-hydrogen) atoms. The van der Waals surface area contributed by atoms with E-state index in [-0.39, 0.29) is 16.6 Å². The van der Waals surface area contributed by atoms with Gasteiger partial charge in [0.15, 0.2) is 0 Å². The summed E-state index contributed by atoms with van der Waals surface area (Å²) in [6.07, 6.45) is 0.496. The Bertz CT molecular complexity index is 541. The van der Waals surface area contributed by atoms with Crippen molar-refractivity contribution in [3.63, 3.8) is 0 Å². The van der Waals surface area contributed by atoms with E-state index in [2.05, 4.69) is 0 Å². The molecule has 0 atom stereocenters. The van der Waals surface area contributed by atoms with Crippen LogP contribution in [-0.2, 0) is 14.8 Å². The zero-order valence-electron chi connectivity index (χ0n) is 8.92. The molecule has 0 saturated heterocycles. The lowest BCUT2D eigenvalue weighted by molar-refractivity contribution is 0.112. The Morgan fingerprint density at radius 2 is 2.00 bits per heavy atom. The molecule has 0 aromatic heterocycles. The van der Waals surface area contributed by atoms with Gasteiger partial charge in [-0.3, -0.25) is 4.79 Å². The van der Waals surface area contributed by atoms with Crippen molar-refractivity contribution < 1.29 is 23.3 Å². The molecule has 0 unspecified atom stereocenters. The molecule has 0 saturated carbocycles. The van der Waals surface area contributed by atoms with Crippen LogP contribution in [-0.4, -0.2) is 31.9 Å². The van der Waals surface area contributed by atoms with Crippen molar-refractivity contribution in [2.75, 3.05) is 0 Å². The van der Waals surface area contributed by atoms with E-state index in [1.165, 1.54) is 19.1 Å². The maximum Gasteiger partial charge on any atom is 0.488 e. The largest absolute Gasteiger partial charge is 0.488 e. The summed E-state index contributed by atoms with van der Waals surface area (Å²) in [6, 6.07) is 2.64. The number of hydrogen-bond acceptors (Lipinski definition) is 5. The minimum Gasteiger partial charge on any atom is -0.423 e. The van der Waals surface area contributed by atoms with Crippen LogP contribution in [0.15, 0.2) is 12.1 Å². The lowest BCUT2D eigenvalue weighted by atomic mass is 9.75. The van der Waals surface area contributed by atoms with E-state index in [0.717, 1.165) is 0 Å². The third-order valence-corrected chi connectivity index (χ3v) is 3.30. The highest BCUT2D eigenvalue weighted by Gasteiger charge is 2.19. The molecule has 0 bridgehead atoms. The molecular weight excluding hydrogens is 266 g/mol. The Labute approximate surface area is 104 Å². The van der Waals surface area contributed by atoms with Gasteiger partial charge in [0, 0.05) is 16.2 Å². The summed E-state index contributed by atoms with van der Waals surface area (Å²) in [7, 11) is -0.420. The number of aldehydes is 1. The van der Waals surface area contributed by atoms with Gasteiger partial charge in [-0.2, -0.15) is 0 Å². The highest BCUT2D eigenvalue weighted by Crippen LogP contribution is 2.15. The van der Waals surface area contributed by atoms with Crippen LogP contribution in [0.4, 0.5) is 0 Å². The lowest BCUT2D eigenvalue weighted by Gasteiger charge is -2.11. The quantitative estimate of drug-likeness (QED) is 0.442. The van der Waals surface area contributed by atoms with Gasteiger partial charge in [-0.15, -0.1) is 0 Å². The van der Waals surface area contributed by atoms with Crippen LogP contribution in [0.5, 0.6) is 0 Å². The Morgan fingerprint density at radius 3 is 2.41 bits per heavy atom. The Hall–Kier alpha value is -0.885. The van der Waals surface area contributed by atoms with Crippen LogP contribution in [0.2, 0.25) is 0 Å². The molecule has 1 aromatic rings. The first-order chi connectivity index (χ1) is 7.74. The van der Waals surface area contributed by atoms with Gasteiger partial charge in [-0.25, -0.2) is 8.42 Å². The molecule has 2 N–H and O–H groups in total. The van der Waals surface area contributed by atoms with Crippen molar-refractivity contribution in [1.29, 1.82) is 0 Å². The van der Waals surface area contributed by atoms with Gasteiger partial charge in [0.2, 0.25) is 9.05 Å². The predicted molar refractivity (Wildman–Crippen MR) is 64.9 cm³/mol. The van der Waals surface area contributed by atoms with Crippen LogP contribution in [0.1, 0.15) is 21.5 Å². The van der Waals surface area contributed by atoms with Gasteiger partial charge in [0.05, 0.1) is 5.75 Å². The zero-order chi connectivity index (χ0) is 13.2. The van der Waals surface area contributed by atoms with E-state index in [9.17, 15) is 13.2 Å². The van der Waals surface area contributed by atoms with Crippen molar-refractivity contribution in [1.82, 2.24) is 0 Å². The SMILES string of the molecule is Cc1c(CS(=O)(=O)Cl)cc(C=O)cc1B(O)O. The maximum atomic E-state index is 11.0. The van der Waals surface area contributed by atoms with E-state index < -0.39 is 21.9 Å². The number of carbonyl (C=O) groups excluding carboxylic acids is 1. The first kappa shape index (κ1) is 14.2. The third-order valence-electron chi connectivity index (χ3n) is 2.32. The zero-order valence-corrected chi connectivity index (χ0v) is 10.5. The summed E-state index contributed by atoms with van der Waals surface area (Å²) < 4.78 is 22.0. The summed E-state index contributed by atoms with van der Waals surface area (Å²) in [5.74, 6) is -0.470. The van der Waals surface area contributed by atoms with Crippen LogP contribution in [0.3, 0.4) is 0 Å². The van der Waals surface area contributed by atoms with Crippen LogP contribution in [0.25, 0.3) is 0 Å². The van der Waals surface area contributed by atoms with Gasteiger partial charge in [0.1, 0.15) is 6.29 Å². The smallest absolute Gasteiger partial charge is 0.423 e. The van der Waals surface area contributed by atoms with Crippen molar-refractivity contribution in [2.24, 2.45) is 0 Å². The highest BCUT2D eigenvalue weighted by atomic mass is 35.7. The second-order valence-electron chi connectivity index (χ2n) is 3.57. The Balaban J connectivity index is 3.38. The van der Waals surface area contributed by atoms with Gasteiger partial charge in [-0.1, -0.05) is 6.07 Å². The highest BCUT2D eigenvalue weighted by molar-refractivity contribution is 8.13. The summed E-state index contributed by atoms with van der Waals surface area (Å²) in [5.41, 5.74) is 0.904. The molecule has 0 aliphatic carbocycles. The van der Waals surface area contributed by atoms with E-state index in [1.54, 1.807) is 0 Å². The molecular formula is C9H10BClO5S. The topological polar surface area (TPSA) is 91.7 Å². The minimum atomic E-state index is -3.77. The minimum absolute atomic E-state index is 0.0879. The molecule has 8 heteroatoms. The van der Waals surface area contributed by atoms with Gasteiger partial charge in [0.25, 0.3) is 0 Å². The predicted octanol–water partition coefficient (Wildman–Crippen LogP) is -0.444. The summed E-state index contributed by atoms with van der Waals surface area (Å²) in [5, 5.41) is 18.2. The van der Waals surface area contributed by atoms with E-state index in [1.807, 2.05) is 0 Å². The van der Waals surface area contributed by atoms with Crippen molar-refractivity contribution in [3.05, 3.63) is 28.8 Å². The molecule has 0 fully saturated rings. The number of hydrogen-bond donors (Lipinski definition) is 2. The third kappa shape index (κ3) is 3.81. The van der Waals surface area contributed by atoms with E-state index in [0.29, 0.717) is 11.8 Å². The maximum absolute atomic E-state index is 11.0. The van der Waals surface area contributed by atoms with Crippen molar-refractivity contribution >= 4 is 38.6 Å². The van der Waals surface area contributed by atoms with Gasteiger partial charge >= 0.3 is 7.12 Å². The van der Waals surface area contributed by atoms with Crippen LogP contribution >= 0.6 is 10.7 Å². The standard InChI is InChI=1S/C9H10BClO5S/c1-6-8(5-17(11,15)16)2-7(4-12)3-9(6)10(13)14/h2-4,13-14H,5H2,1H3. The molecule has 92 valence electrons. The number of halogens is 1. The summed E-state index contributed by atoms with van der Waals surface area (Å²) >= 11 is 0. The first-order valence-corrected chi connectivity index (χ1v) is 7.09. The fraction of sp³-hybridized carbons (Fsp3) is 0.222. The average Bonchev–Trinajstić information content (AvgIpc) is 2.18. The number of carbonyl (C=O) groups is 1. The van der Waals surface area contributed by atoms with Crippen molar-refractivity contribution in [3.8, 4) is 0 Å². The molecule has 0 aliphatic heterocycles. The molecule has 0 spiro atoms. The number of rotatable bonds is 4. The van der Waals surface area contributed by atoms with Crippen LogP contribution in [0, 0.1) is 6.92 Å². The second-order valence-corrected chi connectivity index (χ2v) is 6.35. The first-order valence-electron chi connectivity index (χ1n) is 4.61. The Kier molecular flexibility index (Phi) is 4.32. The molecule has 0 aliphatic rings. The molecule has 1 rings (SSSR count). The van der Waals surface area contributed by atoms with Crippen LogP contribution < -0.4 is 5.46 Å². The van der Waals surface area contributed by atoms with E-state index in [4.69, 9.17) is 20.7 Å². The van der Waals surface area contributed by atoms with E-state index >= 15 is 0 Å². The molecule has 0 radical (unpaired) electrons. The molecule has 5 nitrogen and oxygen atoms in total. The van der Waals surface area contributed by atoms with Gasteiger partial charge in [-0.05, 0) is 29.6 Å². The normalized spacial score (nSPS) is 11.3. The molecule has 0 heterocycles.